The van der Waals surface area contributed by atoms with Gasteiger partial charge in [-0.3, -0.25) is 0 Å². The van der Waals surface area contributed by atoms with Gasteiger partial charge in [-0.15, -0.1) is 0 Å². The molecule has 0 spiro atoms. The van der Waals surface area contributed by atoms with Crippen molar-refractivity contribution in [1.82, 2.24) is 9.55 Å². The number of carbonyl (C=O) groups excluding carboxylic acids is 2. The molecule has 0 N–H and O–H groups in total. The Balaban J connectivity index is 1.62. The van der Waals surface area contributed by atoms with Gasteiger partial charge in [-0.2, -0.15) is 0 Å². The highest BCUT2D eigenvalue weighted by Crippen LogP contribution is 2.28. The summed E-state index contributed by atoms with van der Waals surface area (Å²) in [5.74, 6) is 0.302. The smallest absolute Gasteiger partial charge is 0.341 e. The van der Waals surface area contributed by atoms with Crippen LogP contribution in [0.1, 0.15) is 63.3 Å². The number of aryl methyl sites for hydroxylation is 1. The summed E-state index contributed by atoms with van der Waals surface area (Å²) in [6.07, 6.45) is 4.11. The van der Waals surface area contributed by atoms with E-state index in [4.69, 9.17) is 30.2 Å². The highest BCUT2D eigenvalue weighted by Gasteiger charge is 2.20. The van der Waals surface area contributed by atoms with Crippen LogP contribution in [-0.2, 0) is 40.4 Å². The molecule has 0 atom stereocenters. The number of benzene rings is 2. The third-order valence-corrected chi connectivity index (χ3v) is 6.70. The van der Waals surface area contributed by atoms with Crippen molar-refractivity contribution in [2.75, 3.05) is 14.2 Å². The van der Waals surface area contributed by atoms with Crippen molar-refractivity contribution in [3.63, 3.8) is 0 Å². The molecule has 0 unspecified atom stereocenters. The lowest BCUT2D eigenvalue weighted by Gasteiger charge is -2.15. The van der Waals surface area contributed by atoms with E-state index in [0.717, 1.165) is 41.8 Å². The molecule has 9 heteroatoms. The first kappa shape index (κ1) is 28.1. The van der Waals surface area contributed by atoms with Crippen molar-refractivity contribution in [3.8, 4) is 11.1 Å². The maximum Gasteiger partial charge on any atom is 0.341 e. The zero-order valence-corrected chi connectivity index (χ0v) is 23.0. The fourth-order valence-corrected chi connectivity index (χ4v) is 4.61. The second-order valence-corrected chi connectivity index (χ2v) is 9.29. The molecule has 0 aliphatic rings. The Morgan fingerprint density at radius 1 is 0.974 bits per heavy atom. The number of aromatic nitrogens is 2. The lowest BCUT2D eigenvalue weighted by molar-refractivity contribution is 0.0576. The normalized spacial score (nSPS) is 11.0. The van der Waals surface area contributed by atoms with Crippen molar-refractivity contribution in [2.45, 2.75) is 45.9 Å². The van der Waals surface area contributed by atoms with Gasteiger partial charge in [0.1, 0.15) is 23.8 Å². The number of nitrogens with zero attached hydrogens (tertiary/aromatic N) is 2. The molecule has 4 aromatic rings. The first-order valence-electron chi connectivity index (χ1n) is 12.7. The predicted octanol–water partition coefficient (Wildman–Crippen LogP) is 6.48. The molecule has 2 aromatic carbocycles. The third kappa shape index (κ3) is 6.58. The van der Waals surface area contributed by atoms with Crippen LogP contribution in [0.5, 0.6) is 0 Å². The molecule has 0 amide bonds. The fraction of sp³-hybridized carbons (Fsp3) is 0.300. The van der Waals surface area contributed by atoms with Crippen molar-refractivity contribution in [3.05, 3.63) is 100.0 Å². The van der Waals surface area contributed by atoms with E-state index in [-0.39, 0.29) is 13.2 Å². The Morgan fingerprint density at radius 2 is 1.72 bits per heavy atom. The van der Waals surface area contributed by atoms with Gasteiger partial charge in [0, 0.05) is 13.0 Å². The van der Waals surface area contributed by atoms with Crippen molar-refractivity contribution in [2.24, 2.45) is 0 Å². The van der Waals surface area contributed by atoms with Gasteiger partial charge in [-0.25, -0.2) is 14.6 Å². The van der Waals surface area contributed by atoms with Crippen molar-refractivity contribution in [1.29, 1.82) is 0 Å². The average molecular weight is 551 g/mol. The number of ether oxygens (including phenoxy) is 3. The van der Waals surface area contributed by atoms with Crippen LogP contribution in [-0.4, -0.2) is 35.7 Å². The van der Waals surface area contributed by atoms with Crippen LogP contribution in [0.2, 0.25) is 5.15 Å². The number of methoxy groups -OCH3 is 2. The molecule has 4 rings (SSSR count). The highest BCUT2D eigenvalue weighted by atomic mass is 35.5. The highest BCUT2D eigenvalue weighted by molar-refractivity contribution is 6.30. The number of imidazole rings is 1. The Labute approximate surface area is 232 Å². The van der Waals surface area contributed by atoms with E-state index < -0.39 is 11.9 Å². The summed E-state index contributed by atoms with van der Waals surface area (Å²) < 4.78 is 23.2. The summed E-state index contributed by atoms with van der Waals surface area (Å²) in [4.78, 5) is 29.3. The van der Waals surface area contributed by atoms with Gasteiger partial charge < -0.3 is 23.2 Å². The number of unbranched alkanes of at least 4 members (excludes halogenated alkanes) is 1. The van der Waals surface area contributed by atoms with Crippen molar-refractivity contribution < 1.29 is 28.2 Å². The van der Waals surface area contributed by atoms with Gasteiger partial charge in [0.15, 0.2) is 5.15 Å². The predicted molar refractivity (Wildman–Crippen MR) is 147 cm³/mol. The number of carbonyl (C=O) groups is 2. The topological polar surface area (TPSA) is 92.8 Å². The van der Waals surface area contributed by atoms with Gasteiger partial charge in [0.2, 0.25) is 0 Å². The van der Waals surface area contributed by atoms with E-state index in [1.807, 2.05) is 53.1 Å². The quantitative estimate of drug-likeness (QED) is 0.186. The zero-order valence-electron chi connectivity index (χ0n) is 22.2. The molecule has 2 heterocycles. The number of rotatable bonds is 12. The number of esters is 2. The Bertz CT molecular complexity index is 1430. The molecule has 2 aromatic heterocycles. The SMILES string of the molecule is CCCCc1nc(Cl)c(COCc2occc2C(=O)OC)n1Cc1ccc(-c2ccccc2)c(C(=O)OC)c1. The maximum absolute atomic E-state index is 12.7. The second kappa shape index (κ2) is 13.3. The lowest BCUT2D eigenvalue weighted by atomic mass is 9.97. The summed E-state index contributed by atoms with van der Waals surface area (Å²) in [5, 5.41) is 0.350. The molecule has 0 aliphatic carbocycles. The molecule has 0 saturated carbocycles. The van der Waals surface area contributed by atoms with E-state index in [1.165, 1.54) is 20.5 Å². The van der Waals surface area contributed by atoms with Crippen LogP contribution in [0.3, 0.4) is 0 Å². The van der Waals surface area contributed by atoms with Crippen LogP contribution < -0.4 is 0 Å². The first-order chi connectivity index (χ1) is 19.0. The van der Waals surface area contributed by atoms with Crippen LogP contribution in [0.25, 0.3) is 11.1 Å². The Morgan fingerprint density at radius 3 is 2.44 bits per heavy atom. The summed E-state index contributed by atoms with van der Waals surface area (Å²) >= 11 is 6.59. The summed E-state index contributed by atoms with van der Waals surface area (Å²) in [6, 6.07) is 17.0. The van der Waals surface area contributed by atoms with E-state index >= 15 is 0 Å². The molecule has 8 nitrogen and oxygen atoms in total. The van der Waals surface area contributed by atoms with Crippen LogP contribution >= 0.6 is 11.6 Å². The molecule has 39 heavy (non-hydrogen) atoms. The van der Waals surface area contributed by atoms with Gasteiger partial charge in [-0.05, 0) is 35.2 Å². The summed E-state index contributed by atoms with van der Waals surface area (Å²) in [7, 11) is 2.69. The summed E-state index contributed by atoms with van der Waals surface area (Å²) in [5.41, 5.74) is 4.10. The van der Waals surface area contributed by atoms with Gasteiger partial charge in [0.25, 0.3) is 0 Å². The van der Waals surface area contributed by atoms with Crippen LogP contribution in [0.4, 0.5) is 0 Å². The monoisotopic (exact) mass is 550 g/mol. The number of hydrogen-bond donors (Lipinski definition) is 0. The number of halogens is 1. The largest absolute Gasteiger partial charge is 0.466 e. The molecule has 0 aliphatic heterocycles. The molecule has 0 fully saturated rings. The zero-order chi connectivity index (χ0) is 27.8. The van der Waals surface area contributed by atoms with E-state index in [2.05, 4.69) is 11.9 Å². The average Bonchev–Trinajstić information content (AvgIpc) is 3.55. The van der Waals surface area contributed by atoms with E-state index in [9.17, 15) is 9.59 Å². The first-order valence-corrected chi connectivity index (χ1v) is 13.1. The fourth-order valence-electron chi connectivity index (χ4n) is 4.36. The number of hydrogen-bond acceptors (Lipinski definition) is 7. The molecule has 0 radical (unpaired) electrons. The minimum Gasteiger partial charge on any atom is -0.466 e. The minimum absolute atomic E-state index is 0.0570. The third-order valence-electron chi connectivity index (χ3n) is 6.39. The summed E-state index contributed by atoms with van der Waals surface area (Å²) in [6.45, 7) is 2.75. The second-order valence-electron chi connectivity index (χ2n) is 8.93. The van der Waals surface area contributed by atoms with Crippen LogP contribution in [0.15, 0.2) is 65.3 Å². The van der Waals surface area contributed by atoms with Gasteiger partial charge >= 0.3 is 11.9 Å². The maximum atomic E-state index is 12.7. The minimum atomic E-state index is -0.493. The lowest BCUT2D eigenvalue weighted by Crippen LogP contribution is -2.12. The molecular formula is C30H31ClN2O6. The standard InChI is InChI=1S/C30H31ClN2O6/c1-4-5-11-27-32-28(31)25(18-38-19-26-23(14-15-39-26)29(34)36-2)33(27)17-20-12-13-22(21-9-7-6-8-10-21)24(16-20)30(35)37-3/h6-10,12-16H,4-5,11,17-19H2,1-3H3. The van der Waals surface area contributed by atoms with E-state index in [1.54, 1.807) is 6.07 Å². The van der Waals surface area contributed by atoms with E-state index in [0.29, 0.717) is 34.3 Å². The molecule has 0 bridgehead atoms. The molecular weight excluding hydrogens is 520 g/mol. The van der Waals surface area contributed by atoms with Crippen molar-refractivity contribution >= 4 is 23.5 Å². The van der Waals surface area contributed by atoms with Gasteiger partial charge in [-0.1, -0.05) is 67.4 Å². The Kier molecular flexibility index (Phi) is 9.57. The van der Waals surface area contributed by atoms with Gasteiger partial charge in [0.05, 0.1) is 38.3 Å². The number of furan rings is 1. The molecule has 204 valence electrons. The molecule has 0 saturated heterocycles. The van der Waals surface area contributed by atoms with Crippen LogP contribution in [0, 0.1) is 0 Å². The Hall–Kier alpha value is -3.88.